The molecule has 0 bridgehead atoms. The Bertz CT molecular complexity index is 973. The molecule has 0 aromatic heterocycles. The van der Waals surface area contributed by atoms with Crippen molar-refractivity contribution in [2.45, 2.75) is 43.2 Å². The lowest BCUT2D eigenvalue weighted by atomic mass is 9.95. The molecule has 1 saturated heterocycles. The number of phenolic OH excluding ortho intramolecular Hbond substituents is 1. The van der Waals surface area contributed by atoms with Crippen molar-refractivity contribution in [1.82, 2.24) is 0 Å². The fourth-order valence-electron chi connectivity index (χ4n) is 3.79. The van der Waals surface area contributed by atoms with E-state index < -0.39 is 43.4 Å². The van der Waals surface area contributed by atoms with Gasteiger partial charge in [0.1, 0.15) is 59.1 Å². The van der Waals surface area contributed by atoms with Crippen LogP contribution in [0.4, 0.5) is 0 Å². The molecule has 2 heterocycles. The number of Topliss-reactive ketones (excluding diaryl/α,β-unsaturated/α-hetero) is 1. The molecule has 1 fully saturated rings. The molecule has 2 aliphatic rings. The molecular weight excluding hydrogens is 424 g/mol. The number of phenols is 1. The zero-order chi connectivity index (χ0) is 23.0. The summed E-state index contributed by atoms with van der Waals surface area (Å²) >= 11 is 0. The number of hydrogen-bond acceptors (Lipinski definition) is 10. The predicted octanol–water partition coefficient (Wildman–Crippen LogP) is 0.286. The van der Waals surface area contributed by atoms with E-state index in [9.17, 15) is 30.3 Å². The molecule has 4 rings (SSSR count). The number of carbonyl (C=O) groups is 1. The Labute approximate surface area is 183 Å². The lowest BCUT2D eigenvalue weighted by molar-refractivity contribution is -0.277. The third-order valence-corrected chi connectivity index (χ3v) is 5.56. The normalized spacial score (nSPS) is 29.7. The predicted molar refractivity (Wildman–Crippen MR) is 108 cm³/mol. The number of carbonyl (C=O) groups excluding carboxylic acids is 1. The van der Waals surface area contributed by atoms with E-state index in [0.29, 0.717) is 5.75 Å². The maximum atomic E-state index is 12.7. The summed E-state index contributed by atoms with van der Waals surface area (Å²) in [6, 6.07) is 9.56. The number of fused-ring (bicyclic) bond motifs is 1. The zero-order valence-electron chi connectivity index (χ0n) is 17.1. The number of benzene rings is 2. The third-order valence-electron chi connectivity index (χ3n) is 5.56. The molecular formula is C22H24O10. The average molecular weight is 448 g/mol. The molecule has 5 N–H and O–H groups in total. The van der Waals surface area contributed by atoms with E-state index in [1.807, 2.05) is 0 Å². The van der Waals surface area contributed by atoms with Gasteiger partial charge in [0, 0.05) is 12.1 Å². The summed E-state index contributed by atoms with van der Waals surface area (Å²) in [6.45, 7) is -0.610. The minimum atomic E-state index is -1.62. The molecule has 2 aromatic carbocycles. The van der Waals surface area contributed by atoms with Gasteiger partial charge >= 0.3 is 0 Å². The minimum Gasteiger partial charge on any atom is -0.507 e. The summed E-state index contributed by atoms with van der Waals surface area (Å²) in [5.74, 6) is 0.0452. The molecule has 0 aliphatic carbocycles. The summed E-state index contributed by atoms with van der Waals surface area (Å²) in [5.41, 5.74) is 0.750. The van der Waals surface area contributed by atoms with Crippen LogP contribution in [0, 0.1) is 0 Å². The van der Waals surface area contributed by atoms with Gasteiger partial charge in [0.25, 0.3) is 0 Å². The number of aliphatic hydroxyl groups excluding tert-OH is 4. The fourth-order valence-corrected chi connectivity index (χ4v) is 3.79. The van der Waals surface area contributed by atoms with Crippen molar-refractivity contribution in [3.63, 3.8) is 0 Å². The summed E-state index contributed by atoms with van der Waals surface area (Å²) < 4.78 is 22.0. The SMILES string of the molecule is COc1ccc([C@@H]2CC(=O)c3c(O)cc(OC4O[C@H](CO)C(O)C(O)C4O)cc3O2)cc1. The highest BCUT2D eigenvalue weighted by atomic mass is 16.7. The summed E-state index contributed by atoms with van der Waals surface area (Å²) in [5, 5.41) is 49.7. The number of methoxy groups -OCH3 is 1. The monoisotopic (exact) mass is 448 g/mol. The summed E-state index contributed by atoms with van der Waals surface area (Å²) in [4.78, 5) is 12.7. The van der Waals surface area contributed by atoms with Gasteiger partial charge in [0.05, 0.1) is 20.1 Å². The molecule has 0 spiro atoms. The lowest BCUT2D eigenvalue weighted by Crippen LogP contribution is -2.60. The number of ketones is 1. The van der Waals surface area contributed by atoms with Crippen molar-refractivity contribution in [2.24, 2.45) is 0 Å². The van der Waals surface area contributed by atoms with Crippen molar-refractivity contribution < 1.29 is 49.3 Å². The Morgan fingerprint density at radius 2 is 1.75 bits per heavy atom. The molecule has 0 amide bonds. The minimum absolute atomic E-state index is 0.00578. The molecule has 4 unspecified atom stereocenters. The van der Waals surface area contributed by atoms with Crippen molar-refractivity contribution >= 4 is 5.78 Å². The van der Waals surface area contributed by atoms with Crippen LogP contribution in [0.2, 0.25) is 0 Å². The van der Waals surface area contributed by atoms with Crippen LogP contribution in [-0.2, 0) is 4.74 Å². The van der Waals surface area contributed by atoms with Gasteiger partial charge in [-0.3, -0.25) is 4.79 Å². The van der Waals surface area contributed by atoms with Gasteiger partial charge in [-0.2, -0.15) is 0 Å². The number of hydrogen-bond donors (Lipinski definition) is 5. The van der Waals surface area contributed by atoms with Crippen LogP contribution in [-0.4, -0.2) is 75.7 Å². The molecule has 6 atom stereocenters. The smallest absolute Gasteiger partial charge is 0.229 e. The van der Waals surface area contributed by atoms with E-state index in [2.05, 4.69) is 0 Å². The van der Waals surface area contributed by atoms with Crippen LogP contribution < -0.4 is 14.2 Å². The summed E-state index contributed by atoms with van der Waals surface area (Å²) in [6.07, 6.45) is -7.93. The van der Waals surface area contributed by atoms with Crippen LogP contribution >= 0.6 is 0 Å². The second-order valence-electron chi connectivity index (χ2n) is 7.64. The van der Waals surface area contributed by atoms with E-state index in [0.717, 1.165) is 11.6 Å². The first kappa shape index (κ1) is 22.3. The Kier molecular flexibility index (Phi) is 6.22. The van der Waals surface area contributed by atoms with Gasteiger partial charge in [-0.15, -0.1) is 0 Å². The van der Waals surface area contributed by atoms with Crippen molar-refractivity contribution in [3.05, 3.63) is 47.5 Å². The van der Waals surface area contributed by atoms with Gasteiger partial charge in [-0.1, -0.05) is 12.1 Å². The number of ether oxygens (including phenoxy) is 4. The molecule has 10 nitrogen and oxygen atoms in total. The van der Waals surface area contributed by atoms with Crippen molar-refractivity contribution in [2.75, 3.05) is 13.7 Å². The van der Waals surface area contributed by atoms with Gasteiger partial charge in [-0.25, -0.2) is 0 Å². The van der Waals surface area contributed by atoms with E-state index in [1.165, 1.54) is 6.07 Å². The van der Waals surface area contributed by atoms with Crippen LogP contribution in [0.3, 0.4) is 0 Å². The summed E-state index contributed by atoms with van der Waals surface area (Å²) in [7, 11) is 1.55. The molecule has 0 radical (unpaired) electrons. The zero-order valence-corrected chi connectivity index (χ0v) is 17.1. The fraction of sp³-hybridized carbons (Fsp3) is 0.409. The first-order chi connectivity index (χ1) is 15.3. The van der Waals surface area contributed by atoms with Gasteiger partial charge in [0.15, 0.2) is 5.78 Å². The standard InChI is InChI=1S/C22H24O10/c1-29-11-4-2-10(3-5-11)15-8-14(25)18-13(24)6-12(7-16(18)31-15)30-22-21(28)20(27)19(26)17(9-23)32-22/h2-7,15,17,19-24,26-28H,8-9H2,1H3/t15-,17+,19?,20?,21?,22?/m0/s1. The Morgan fingerprint density at radius 3 is 2.41 bits per heavy atom. The van der Waals surface area contributed by atoms with E-state index >= 15 is 0 Å². The van der Waals surface area contributed by atoms with Crippen LogP contribution in [0.1, 0.15) is 28.4 Å². The van der Waals surface area contributed by atoms with E-state index in [4.69, 9.17) is 18.9 Å². The van der Waals surface area contributed by atoms with Crippen molar-refractivity contribution in [3.8, 4) is 23.0 Å². The Balaban J connectivity index is 1.58. The Morgan fingerprint density at radius 1 is 1.03 bits per heavy atom. The third kappa shape index (κ3) is 4.10. The highest BCUT2D eigenvalue weighted by Crippen LogP contribution is 2.42. The maximum absolute atomic E-state index is 12.7. The van der Waals surface area contributed by atoms with Crippen LogP contribution in [0.25, 0.3) is 0 Å². The van der Waals surface area contributed by atoms with Crippen molar-refractivity contribution in [1.29, 1.82) is 0 Å². The van der Waals surface area contributed by atoms with Gasteiger partial charge in [0.2, 0.25) is 6.29 Å². The number of aliphatic hydroxyl groups is 4. The number of rotatable bonds is 5. The largest absolute Gasteiger partial charge is 0.507 e. The van der Waals surface area contributed by atoms with Crippen LogP contribution in [0.15, 0.2) is 36.4 Å². The van der Waals surface area contributed by atoms with Crippen LogP contribution in [0.5, 0.6) is 23.0 Å². The first-order valence-electron chi connectivity index (χ1n) is 10.0. The maximum Gasteiger partial charge on any atom is 0.229 e. The van der Waals surface area contributed by atoms with Gasteiger partial charge < -0.3 is 44.5 Å². The first-order valence-corrected chi connectivity index (χ1v) is 10.0. The molecule has 2 aromatic rings. The molecule has 172 valence electrons. The highest BCUT2D eigenvalue weighted by molar-refractivity contribution is 6.02. The second-order valence-corrected chi connectivity index (χ2v) is 7.64. The van der Waals surface area contributed by atoms with E-state index in [1.54, 1.807) is 31.4 Å². The lowest BCUT2D eigenvalue weighted by Gasteiger charge is -2.39. The quantitative estimate of drug-likeness (QED) is 0.431. The molecule has 0 saturated carbocycles. The topological polar surface area (TPSA) is 155 Å². The molecule has 2 aliphatic heterocycles. The number of aromatic hydroxyl groups is 1. The second kappa shape index (κ2) is 8.93. The highest BCUT2D eigenvalue weighted by Gasteiger charge is 2.45. The Hall–Kier alpha value is -2.89. The average Bonchev–Trinajstić information content (AvgIpc) is 2.79. The molecule has 32 heavy (non-hydrogen) atoms. The molecule has 10 heteroatoms. The van der Waals surface area contributed by atoms with E-state index in [-0.39, 0.29) is 35.0 Å². The van der Waals surface area contributed by atoms with Gasteiger partial charge in [-0.05, 0) is 17.7 Å².